The molecule has 0 bridgehead atoms. The molecule has 0 aromatic carbocycles. The van der Waals surface area contributed by atoms with Gasteiger partial charge in [-0.1, -0.05) is 19.3 Å². The maximum atomic E-state index is 11.8. The zero-order valence-electron chi connectivity index (χ0n) is 17.2. The van der Waals surface area contributed by atoms with Crippen LogP contribution in [0.3, 0.4) is 0 Å². The molecule has 1 saturated carbocycles. The standard InChI is InChI=1S/C21H35N5O2/c1-2-28-21(27)24-10-8-17(9-11-24)22-15-18-14-20-16-25(12-13-26(20)23-18)19-6-4-3-5-7-19/h14,17,19,22H,2-13,15-16H2,1H3. The third-order valence-electron chi connectivity index (χ3n) is 6.56. The number of amides is 1. The molecule has 0 atom stereocenters. The number of nitrogens with zero attached hydrogens (tertiary/aromatic N) is 4. The fraction of sp³-hybridized carbons (Fsp3) is 0.810. The molecule has 1 saturated heterocycles. The molecule has 7 heteroatoms. The van der Waals surface area contributed by atoms with Crippen molar-refractivity contribution in [3.8, 4) is 0 Å². The van der Waals surface area contributed by atoms with Crippen LogP contribution in [0.1, 0.15) is 63.3 Å². The molecule has 3 aliphatic rings. The van der Waals surface area contributed by atoms with Gasteiger partial charge in [-0.25, -0.2) is 4.79 Å². The Labute approximate surface area is 168 Å². The second-order valence-electron chi connectivity index (χ2n) is 8.45. The number of carbonyl (C=O) groups is 1. The van der Waals surface area contributed by atoms with Crippen molar-refractivity contribution in [3.63, 3.8) is 0 Å². The molecule has 2 fully saturated rings. The van der Waals surface area contributed by atoms with E-state index < -0.39 is 0 Å². The first-order valence-electron chi connectivity index (χ1n) is 11.2. The highest BCUT2D eigenvalue weighted by Crippen LogP contribution is 2.26. The van der Waals surface area contributed by atoms with E-state index in [-0.39, 0.29) is 6.09 Å². The van der Waals surface area contributed by atoms with Crippen LogP contribution in [0.4, 0.5) is 4.79 Å². The molecule has 3 heterocycles. The number of hydrogen-bond acceptors (Lipinski definition) is 5. The third kappa shape index (κ3) is 4.69. The second-order valence-corrected chi connectivity index (χ2v) is 8.45. The monoisotopic (exact) mass is 389 g/mol. The Morgan fingerprint density at radius 3 is 2.68 bits per heavy atom. The number of carbonyl (C=O) groups excluding carboxylic acids is 1. The van der Waals surface area contributed by atoms with Crippen molar-refractivity contribution in [2.75, 3.05) is 26.2 Å². The summed E-state index contributed by atoms with van der Waals surface area (Å²) in [5.41, 5.74) is 2.51. The topological polar surface area (TPSA) is 62.6 Å². The summed E-state index contributed by atoms with van der Waals surface area (Å²) in [4.78, 5) is 16.3. The molecule has 7 nitrogen and oxygen atoms in total. The molecule has 1 aromatic rings. The number of fused-ring (bicyclic) bond motifs is 1. The first-order chi connectivity index (χ1) is 13.7. The highest BCUT2D eigenvalue weighted by atomic mass is 16.6. The van der Waals surface area contributed by atoms with Gasteiger partial charge in [0.1, 0.15) is 0 Å². The summed E-state index contributed by atoms with van der Waals surface area (Å²) in [6.45, 7) is 7.86. The molecule has 156 valence electrons. The summed E-state index contributed by atoms with van der Waals surface area (Å²) in [7, 11) is 0. The zero-order valence-corrected chi connectivity index (χ0v) is 17.2. The Bertz CT molecular complexity index is 647. The normalized spacial score (nSPS) is 22.2. The van der Waals surface area contributed by atoms with Gasteiger partial charge in [-0.2, -0.15) is 5.10 Å². The predicted octanol–water partition coefficient (Wildman–Crippen LogP) is 2.74. The number of likely N-dealkylation sites (tertiary alicyclic amines) is 1. The molecule has 1 aliphatic carbocycles. The number of aromatic nitrogens is 2. The van der Waals surface area contributed by atoms with Crippen LogP contribution >= 0.6 is 0 Å². The maximum absolute atomic E-state index is 11.8. The number of hydrogen-bond donors (Lipinski definition) is 1. The van der Waals surface area contributed by atoms with Gasteiger partial charge in [0.2, 0.25) is 0 Å². The third-order valence-corrected chi connectivity index (χ3v) is 6.56. The first-order valence-corrected chi connectivity index (χ1v) is 11.2. The van der Waals surface area contributed by atoms with Crippen LogP contribution in [-0.2, 0) is 24.4 Å². The maximum Gasteiger partial charge on any atom is 0.409 e. The molecule has 4 rings (SSSR count). The van der Waals surface area contributed by atoms with Gasteiger partial charge in [-0.3, -0.25) is 9.58 Å². The molecular formula is C21H35N5O2. The summed E-state index contributed by atoms with van der Waals surface area (Å²) in [5, 5.41) is 8.47. The molecular weight excluding hydrogens is 354 g/mol. The summed E-state index contributed by atoms with van der Waals surface area (Å²) in [6.07, 6.45) is 8.71. The van der Waals surface area contributed by atoms with Crippen LogP contribution in [0.25, 0.3) is 0 Å². The SMILES string of the molecule is CCOC(=O)N1CCC(NCc2cc3n(n2)CCN(C2CCCCC2)C3)CC1. The Morgan fingerprint density at radius 2 is 1.93 bits per heavy atom. The van der Waals surface area contributed by atoms with Crippen LogP contribution in [-0.4, -0.2) is 64.0 Å². The van der Waals surface area contributed by atoms with E-state index in [1.54, 1.807) is 0 Å². The van der Waals surface area contributed by atoms with Crippen molar-refractivity contribution in [1.82, 2.24) is 24.9 Å². The predicted molar refractivity (Wildman–Crippen MR) is 108 cm³/mol. The van der Waals surface area contributed by atoms with E-state index in [0.717, 1.165) is 63.8 Å². The Kier molecular flexibility index (Phi) is 6.52. The average molecular weight is 390 g/mol. The van der Waals surface area contributed by atoms with Gasteiger partial charge in [0, 0.05) is 44.8 Å². The minimum atomic E-state index is -0.176. The summed E-state index contributed by atoms with van der Waals surface area (Å²) < 4.78 is 7.30. The van der Waals surface area contributed by atoms with E-state index >= 15 is 0 Å². The number of ether oxygens (including phenoxy) is 1. The van der Waals surface area contributed by atoms with Crippen molar-refractivity contribution in [3.05, 3.63) is 17.5 Å². The van der Waals surface area contributed by atoms with E-state index in [9.17, 15) is 4.79 Å². The van der Waals surface area contributed by atoms with Crippen molar-refractivity contribution in [1.29, 1.82) is 0 Å². The van der Waals surface area contributed by atoms with Crippen LogP contribution < -0.4 is 5.32 Å². The zero-order chi connectivity index (χ0) is 19.3. The van der Waals surface area contributed by atoms with Gasteiger partial charge in [0.15, 0.2) is 0 Å². The van der Waals surface area contributed by atoms with E-state index in [1.165, 1.54) is 37.8 Å². The van der Waals surface area contributed by atoms with E-state index in [4.69, 9.17) is 9.84 Å². The molecule has 2 aliphatic heterocycles. The van der Waals surface area contributed by atoms with Gasteiger partial charge in [0.05, 0.1) is 24.5 Å². The van der Waals surface area contributed by atoms with Crippen LogP contribution in [0.5, 0.6) is 0 Å². The summed E-state index contributed by atoms with van der Waals surface area (Å²) >= 11 is 0. The van der Waals surface area contributed by atoms with Crippen molar-refractivity contribution >= 4 is 6.09 Å². The van der Waals surface area contributed by atoms with Gasteiger partial charge in [-0.15, -0.1) is 0 Å². The minimum absolute atomic E-state index is 0.176. The van der Waals surface area contributed by atoms with E-state index in [2.05, 4.69) is 21.0 Å². The van der Waals surface area contributed by atoms with Gasteiger partial charge >= 0.3 is 6.09 Å². The number of rotatable bonds is 5. The van der Waals surface area contributed by atoms with Crippen molar-refractivity contribution in [2.45, 2.75) is 83.6 Å². The summed E-state index contributed by atoms with van der Waals surface area (Å²) in [6, 6.07) is 3.52. The molecule has 0 unspecified atom stereocenters. The average Bonchev–Trinajstić information content (AvgIpc) is 3.15. The summed E-state index contributed by atoms with van der Waals surface area (Å²) in [5.74, 6) is 0. The Balaban J connectivity index is 1.24. The molecule has 1 N–H and O–H groups in total. The quantitative estimate of drug-likeness (QED) is 0.839. The lowest BCUT2D eigenvalue weighted by Gasteiger charge is -2.36. The number of piperidine rings is 1. The van der Waals surface area contributed by atoms with Gasteiger partial charge in [0.25, 0.3) is 0 Å². The number of nitrogens with one attached hydrogen (secondary N) is 1. The minimum Gasteiger partial charge on any atom is -0.450 e. The van der Waals surface area contributed by atoms with Gasteiger partial charge < -0.3 is 15.0 Å². The van der Waals surface area contributed by atoms with Crippen LogP contribution in [0.2, 0.25) is 0 Å². The van der Waals surface area contributed by atoms with Crippen molar-refractivity contribution in [2.24, 2.45) is 0 Å². The van der Waals surface area contributed by atoms with E-state index in [0.29, 0.717) is 12.6 Å². The van der Waals surface area contributed by atoms with Gasteiger partial charge in [-0.05, 0) is 38.7 Å². The lowest BCUT2D eigenvalue weighted by Crippen LogP contribution is -2.44. The fourth-order valence-corrected chi connectivity index (χ4v) is 4.92. The molecule has 1 amide bonds. The first kappa shape index (κ1) is 19.7. The highest BCUT2D eigenvalue weighted by Gasteiger charge is 2.27. The largest absolute Gasteiger partial charge is 0.450 e. The smallest absolute Gasteiger partial charge is 0.409 e. The lowest BCUT2D eigenvalue weighted by molar-refractivity contribution is 0.0949. The van der Waals surface area contributed by atoms with Crippen LogP contribution in [0.15, 0.2) is 6.07 Å². The van der Waals surface area contributed by atoms with E-state index in [1.807, 2.05) is 11.8 Å². The molecule has 28 heavy (non-hydrogen) atoms. The molecule has 0 spiro atoms. The lowest BCUT2D eigenvalue weighted by atomic mass is 9.94. The van der Waals surface area contributed by atoms with Crippen LogP contribution in [0, 0.1) is 0 Å². The second kappa shape index (κ2) is 9.27. The Morgan fingerprint density at radius 1 is 1.14 bits per heavy atom. The molecule has 1 aromatic heterocycles. The fourth-order valence-electron chi connectivity index (χ4n) is 4.92. The Hall–Kier alpha value is -1.60. The molecule has 0 radical (unpaired) electrons. The van der Waals surface area contributed by atoms with Crippen molar-refractivity contribution < 1.29 is 9.53 Å². The highest BCUT2D eigenvalue weighted by molar-refractivity contribution is 5.67.